The lowest BCUT2D eigenvalue weighted by atomic mass is 10.2. The molecule has 3 rings (SSSR count). The van der Waals surface area contributed by atoms with Crippen LogP contribution in [-0.2, 0) is 4.79 Å². The molecule has 0 fully saturated rings. The number of benzene rings is 1. The minimum Gasteiger partial charge on any atom is -0.361 e. The Kier molecular flexibility index (Phi) is 4.90. The summed E-state index contributed by atoms with van der Waals surface area (Å²) in [5, 5.41) is 5.68. The number of hydrogen-bond donors (Lipinski definition) is 2. The van der Waals surface area contributed by atoms with Crippen LogP contribution in [0.2, 0.25) is 0 Å². The summed E-state index contributed by atoms with van der Waals surface area (Å²) in [5.41, 5.74) is 6.27. The number of nitrogens with zero attached hydrogens (tertiary/aromatic N) is 3. The Hall–Kier alpha value is -2.67. The normalized spacial score (nSPS) is 11.2. The predicted octanol–water partition coefficient (Wildman–Crippen LogP) is 2.82. The van der Waals surface area contributed by atoms with Gasteiger partial charge in [-0.15, -0.1) is 0 Å². The van der Waals surface area contributed by atoms with Gasteiger partial charge in [0.05, 0.1) is 12.0 Å². The SMILES string of the molecule is Cc1cc(C)nc(SCC(=O)NN=Cc2c[nH]c3ccccc23)n1. The number of aromatic amines is 1. The quantitative estimate of drug-likeness (QED) is 0.324. The molecule has 1 aromatic carbocycles. The van der Waals surface area contributed by atoms with Crippen molar-refractivity contribution in [2.75, 3.05) is 5.75 Å². The van der Waals surface area contributed by atoms with Crippen LogP contribution in [0.15, 0.2) is 46.8 Å². The largest absolute Gasteiger partial charge is 0.361 e. The molecule has 0 aliphatic carbocycles. The molecule has 7 heteroatoms. The van der Waals surface area contributed by atoms with E-state index in [-0.39, 0.29) is 11.7 Å². The van der Waals surface area contributed by atoms with E-state index in [2.05, 4.69) is 25.5 Å². The fourth-order valence-corrected chi connectivity index (χ4v) is 3.04. The number of aromatic nitrogens is 3. The third-order valence-electron chi connectivity index (χ3n) is 3.31. The third kappa shape index (κ3) is 3.99. The van der Waals surface area contributed by atoms with Crippen LogP contribution >= 0.6 is 11.8 Å². The van der Waals surface area contributed by atoms with E-state index < -0.39 is 0 Å². The first-order chi connectivity index (χ1) is 11.6. The fourth-order valence-electron chi connectivity index (χ4n) is 2.30. The van der Waals surface area contributed by atoms with Gasteiger partial charge in [0, 0.05) is 34.1 Å². The monoisotopic (exact) mass is 339 g/mol. The summed E-state index contributed by atoms with van der Waals surface area (Å²) >= 11 is 1.29. The average molecular weight is 339 g/mol. The summed E-state index contributed by atoms with van der Waals surface area (Å²) in [7, 11) is 0. The van der Waals surface area contributed by atoms with Gasteiger partial charge in [0.2, 0.25) is 0 Å². The van der Waals surface area contributed by atoms with Crippen molar-refractivity contribution < 1.29 is 4.79 Å². The molecule has 0 saturated carbocycles. The molecule has 0 atom stereocenters. The van der Waals surface area contributed by atoms with Crippen LogP contribution in [0.4, 0.5) is 0 Å². The van der Waals surface area contributed by atoms with E-state index in [1.807, 2.05) is 50.4 Å². The van der Waals surface area contributed by atoms with Crippen molar-refractivity contribution in [3.63, 3.8) is 0 Å². The zero-order valence-corrected chi connectivity index (χ0v) is 14.2. The maximum Gasteiger partial charge on any atom is 0.250 e. The molecule has 0 radical (unpaired) electrons. The smallest absolute Gasteiger partial charge is 0.250 e. The number of rotatable bonds is 5. The minimum atomic E-state index is -0.196. The lowest BCUT2D eigenvalue weighted by molar-refractivity contribution is -0.118. The molecule has 0 aliphatic heterocycles. The third-order valence-corrected chi connectivity index (χ3v) is 4.16. The van der Waals surface area contributed by atoms with Crippen molar-refractivity contribution >= 4 is 34.8 Å². The number of amides is 1. The van der Waals surface area contributed by atoms with Gasteiger partial charge in [-0.2, -0.15) is 5.10 Å². The van der Waals surface area contributed by atoms with Crippen molar-refractivity contribution in [2.45, 2.75) is 19.0 Å². The van der Waals surface area contributed by atoms with E-state index in [1.165, 1.54) is 11.8 Å². The molecule has 0 aliphatic rings. The zero-order chi connectivity index (χ0) is 16.9. The molecular formula is C17H17N5OS. The Morgan fingerprint density at radius 3 is 2.83 bits per heavy atom. The zero-order valence-electron chi connectivity index (χ0n) is 13.4. The summed E-state index contributed by atoms with van der Waals surface area (Å²) in [4.78, 5) is 23.6. The second-order valence-corrected chi connectivity index (χ2v) is 6.25. The highest BCUT2D eigenvalue weighted by molar-refractivity contribution is 7.99. The molecule has 2 heterocycles. The van der Waals surface area contributed by atoms with Gasteiger partial charge < -0.3 is 4.98 Å². The molecule has 6 nitrogen and oxygen atoms in total. The summed E-state index contributed by atoms with van der Waals surface area (Å²) in [6.45, 7) is 3.81. The molecule has 24 heavy (non-hydrogen) atoms. The predicted molar refractivity (Wildman–Crippen MR) is 96.3 cm³/mol. The van der Waals surface area contributed by atoms with Gasteiger partial charge >= 0.3 is 0 Å². The average Bonchev–Trinajstić information content (AvgIpc) is 2.96. The number of thioether (sulfide) groups is 1. The summed E-state index contributed by atoms with van der Waals surface area (Å²) in [5.74, 6) is 0.0209. The Balaban J connectivity index is 1.55. The maximum atomic E-state index is 11.9. The lowest BCUT2D eigenvalue weighted by Gasteiger charge is -2.02. The first kappa shape index (κ1) is 16.2. The van der Waals surface area contributed by atoms with Gasteiger partial charge in [-0.1, -0.05) is 30.0 Å². The molecule has 0 bridgehead atoms. The number of para-hydroxylation sites is 1. The highest BCUT2D eigenvalue weighted by Gasteiger charge is 2.05. The number of H-pyrrole nitrogens is 1. The Morgan fingerprint density at radius 2 is 2.04 bits per heavy atom. The van der Waals surface area contributed by atoms with E-state index in [4.69, 9.17) is 0 Å². The van der Waals surface area contributed by atoms with Gasteiger partial charge in [-0.25, -0.2) is 15.4 Å². The number of aryl methyl sites for hydroxylation is 2. The van der Waals surface area contributed by atoms with Gasteiger partial charge in [0.1, 0.15) is 0 Å². The van der Waals surface area contributed by atoms with Crippen LogP contribution in [0, 0.1) is 13.8 Å². The molecule has 2 N–H and O–H groups in total. The molecule has 0 spiro atoms. The first-order valence-corrected chi connectivity index (χ1v) is 8.43. The molecule has 122 valence electrons. The van der Waals surface area contributed by atoms with Gasteiger partial charge in [0.25, 0.3) is 5.91 Å². The lowest BCUT2D eigenvalue weighted by Crippen LogP contribution is -2.19. The number of carbonyl (C=O) groups excluding carboxylic acids is 1. The number of hydrogen-bond acceptors (Lipinski definition) is 5. The number of fused-ring (bicyclic) bond motifs is 1. The summed E-state index contributed by atoms with van der Waals surface area (Å²) < 4.78 is 0. The van der Waals surface area contributed by atoms with Gasteiger partial charge in [-0.3, -0.25) is 4.79 Å². The Bertz CT molecular complexity index is 883. The maximum absolute atomic E-state index is 11.9. The first-order valence-electron chi connectivity index (χ1n) is 7.45. The van der Waals surface area contributed by atoms with E-state index in [1.54, 1.807) is 6.21 Å². The van der Waals surface area contributed by atoms with Gasteiger partial charge in [0.15, 0.2) is 5.16 Å². The van der Waals surface area contributed by atoms with E-state index in [9.17, 15) is 4.79 Å². The summed E-state index contributed by atoms with van der Waals surface area (Å²) in [6, 6.07) is 9.82. The Morgan fingerprint density at radius 1 is 1.29 bits per heavy atom. The van der Waals surface area contributed by atoms with Crippen molar-refractivity contribution in [1.82, 2.24) is 20.4 Å². The van der Waals surface area contributed by atoms with E-state index in [0.717, 1.165) is 27.9 Å². The van der Waals surface area contributed by atoms with E-state index >= 15 is 0 Å². The van der Waals surface area contributed by atoms with Crippen molar-refractivity contribution in [3.05, 3.63) is 53.5 Å². The van der Waals surface area contributed by atoms with Crippen molar-refractivity contribution in [1.29, 1.82) is 0 Å². The van der Waals surface area contributed by atoms with Crippen LogP contribution in [0.3, 0.4) is 0 Å². The van der Waals surface area contributed by atoms with Crippen molar-refractivity contribution in [3.8, 4) is 0 Å². The van der Waals surface area contributed by atoms with Crippen LogP contribution in [0.5, 0.6) is 0 Å². The van der Waals surface area contributed by atoms with Crippen molar-refractivity contribution in [2.24, 2.45) is 5.10 Å². The number of nitrogens with one attached hydrogen (secondary N) is 2. The number of carbonyl (C=O) groups is 1. The number of hydrazone groups is 1. The highest BCUT2D eigenvalue weighted by Crippen LogP contribution is 2.16. The molecule has 1 amide bonds. The van der Waals surface area contributed by atoms with Crippen LogP contribution in [0.25, 0.3) is 10.9 Å². The van der Waals surface area contributed by atoms with Crippen LogP contribution in [0.1, 0.15) is 17.0 Å². The molecule has 0 unspecified atom stereocenters. The van der Waals surface area contributed by atoms with E-state index in [0.29, 0.717) is 5.16 Å². The second kappa shape index (κ2) is 7.27. The fraction of sp³-hybridized carbons (Fsp3) is 0.176. The second-order valence-electron chi connectivity index (χ2n) is 5.30. The van der Waals surface area contributed by atoms with Crippen LogP contribution in [-0.4, -0.2) is 32.8 Å². The topological polar surface area (TPSA) is 83.0 Å². The Labute approximate surface area is 143 Å². The van der Waals surface area contributed by atoms with Crippen LogP contribution < -0.4 is 5.43 Å². The van der Waals surface area contributed by atoms with Gasteiger partial charge in [-0.05, 0) is 26.0 Å². The molecule has 2 aromatic heterocycles. The molecule has 3 aromatic rings. The standard InChI is InChI=1S/C17H17N5OS/c1-11-7-12(2)21-17(20-11)24-10-16(23)22-19-9-13-8-18-15-6-4-3-5-14(13)15/h3-9,18H,10H2,1-2H3,(H,22,23). The summed E-state index contributed by atoms with van der Waals surface area (Å²) in [6.07, 6.45) is 3.49. The minimum absolute atomic E-state index is 0.196. The molecule has 0 saturated heterocycles. The highest BCUT2D eigenvalue weighted by atomic mass is 32.2. The molecular weight excluding hydrogens is 322 g/mol.